The fraction of sp³-hybridized carbons (Fsp3) is 0.364. The molecule has 0 saturated carbocycles. The van der Waals surface area contributed by atoms with Crippen molar-refractivity contribution >= 4 is 5.97 Å². The van der Waals surface area contributed by atoms with Crippen LogP contribution in [0, 0.1) is 0 Å². The Kier molecular flexibility index (Phi) is 2.60. The van der Waals surface area contributed by atoms with E-state index < -0.39 is 0 Å². The van der Waals surface area contributed by atoms with Crippen molar-refractivity contribution in [3.63, 3.8) is 0 Å². The maximum atomic E-state index is 11.2. The summed E-state index contributed by atoms with van der Waals surface area (Å²) in [6.45, 7) is 0. The Hall–Kier alpha value is -1.55. The highest BCUT2D eigenvalue weighted by Gasteiger charge is 2.44. The third-order valence-corrected chi connectivity index (χ3v) is 2.51. The molecule has 4 heteroatoms. The first-order valence-electron chi connectivity index (χ1n) is 4.74. The van der Waals surface area contributed by atoms with Gasteiger partial charge in [-0.1, -0.05) is 12.1 Å². The second-order valence-corrected chi connectivity index (χ2v) is 3.42. The zero-order valence-corrected chi connectivity index (χ0v) is 8.69. The molecule has 0 unspecified atom stereocenters. The first-order valence-corrected chi connectivity index (χ1v) is 4.74. The van der Waals surface area contributed by atoms with Crippen LogP contribution < -0.4 is 10.1 Å². The van der Waals surface area contributed by atoms with E-state index in [2.05, 4.69) is 10.1 Å². The highest BCUT2D eigenvalue weighted by molar-refractivity contribution is 5.80. The summed E-state index contributed by atoms with van der Waals surface area (Å²) in [6.07, 6.45) is 0. The van der Waals surface area contributed by atoms with E-state index in [-0.39, 0.29) is 18.1 Å². The summed E-state index contributed by atoms with van der Waals surface area (Å²) in [5.41, 5.74) is 1.08. The minimum absolute atomic E-state index is 0.0864. The number of ether oxygens (including phenoxy) is 2. The van der Waals surface area contributed by atoms with Gasteiger partial charge in [0.05, 0.1) is 20.3 Å². The van der Waals surface area contributed by atoms with Gasteiger partial charge in [0.15, 0.2) is 0 Å². The SMILES string of the molecule is COC(=O)[C@H]1N[C@H]1c1ccc(OC)cc1. The van der Waals surface area contributed by atoms with Crippen LogP contribution in [-0.2, 0) is 9.53 Å². The lowest BCUT2D eigenvalue weighted by atomic mass is 10.1. The summed E-state index contributed by atoms with van der Waals surface area (Å²) < 4.78 is 9.70. The molecule has 0 radical (unpaired) electrons. The summed E-state index contributed by atoms with van der Waals surface area (Å²) >= 11 is 0. The molecular formula is C11H13NO3. The normalized spacial score (nSPS) is 23.3. The Balaban J connectivity index is 2.04. The number of carbonyl (C=O) groups is 1. The monoisotopic (exact) mass is 207 g/mol. The van der Waals surface area contributed by atoms with Crippen molar-refractivity contribution < 1.29 is 14.3 Å². The van der Waals surface area contributed by atoms with Crippen molar-refractivity contribution in [2.75, 3.05) is 14.2 Å². The molecule has 2 rings (SSSR count). The van der Waals surface area contributed by atoms with Gasteiger partial charge in [-0.15, -0.1) is 0 Å². The molecule has 1 N–H and O–H groups in total. The third kappa shape index (κ3) is 1.94. The molecule has 0 spiro atoms. The van der Waals surface area contributed by atoms with Crippen LogP contribution in [0.2, 0.25) is 0 Å². The Morgan fingerprint density at radius 3 is 2.47 bits per heavy atom. The average Bonchev–Trinajstić information content (AvgIpc) is 3.08. The van der Waals surface area contributed by atoms with Gasteiger partial charge in [0.25, 0.3) is 0 Å². The molecule has 1 aliphatic rings. The molecule has 1 heterocycles. The molecule has 2 atom stereocenters. The molecule has 1 aromatic carbocycles. The van der Waals surface area contributed by atoms with E-state index in [1.54, 1.807) is 7.11 Å². The molecule has 0 aromatic heterocycles. The lowest BCUT2D eigenvalue weighted by Gasteiger charge is -2.01. The Labute approximate surface area is 88.2 Å². The molecule has 1 saturated heterocycles. The van der Waals surface area contributed by atoms with E-state index >= 15 is 0 Å². The van der Waals surface area contributed by atoms with E-state index in [0.29, 0.717) is 0 Å². The van der Waals surface area contributed by atoms with E-state index in [1.807, 2.05) is 24.3 Å². The van der Waals surface area contributed by atoms with Crippen molar-refractivity contribution in [3.8, 4) is 5.75 Å². The Morgan fingerprint density at radius 1 is 1.27 bits per heavy atom. The van der Waals surface area contributed by atoms with Gasteiger partial charge in [-0.25, -0.2) is 0 Å². The third-order valence-electron chi connectivity index (χ3n) is 2.51. The Bertz CT molecular complexity index is 361. The second-order valence-electron chi connectivity index (χ2n) is 3.42. The maximum absolute atomic E-state index is 11.2. The highest BCUT2D eigenvalue weighted by atomic mass is 16.5. The summed E-state index contributed by atoms with van der Waals surface area (Å²) in [6, 6.07) is 7.54. The van der Waals surface area contributed by atoms with Crippen LogP contribution in [0.1, 0.15) is 11.6 Å². The van der Waals surface area contributed by atoms with Gasteiger partial charge in [-0.3, -0.25) is 10.1 Å². The number of hydrogen-bond donors (Lipinski definition) is 1. The predicted octanol–water partition coefficient (Wildman–Crippen LogP) is 0.881. The molecule has 4 nitrogen and oxygen atoms in total. The van der Waals surface area contributed by atoms with E-state index in [1.165, 1.54) is 7.11 Å². The van der Waals surface area contributed by atoms with Crippen molar-refractivity contribution in [3.05, 3.63) is 29.8 Å². The zero-order chi connectivity index (χ0) is 10.8. The number of carbonyl (C=O) groups excluding carboxylic acids is 1. The molecule has 1 aromatic rings. The van der Waals surface area contributed by atoms with E-state index in [0.717, 1.165) is 11.3 Å². The number of rotatable bonds is 3. The summed E-state index contributed by atoms with van der Waals surface area (Å²) in [7, 11) is 3.02. The fourth-order valence-electron chi connectivity index (χ4n) is 1.57. The van der Waals surface area contributed by atoms with Gasteiger partial charge in [0.2, 0.25) is 0 Å². The topological polar surface area (TPSA) is 57.5 Å². The number of nitrogens with one attached hydrogen (secondary N) is 1. The van der Waals surface area contributed by atoms with Gasteiger partial charge in [-0.2, -0.15) is 0 Å². The van der Waals surface area contributed by atoms with Crippen molar-refractivity contribution in [1.29, 1.82) is 0 Å². The van der Waals surface area contributed by atoms with Crippen LogP contribution in [0.25, 0.3) is 0 Å². The minimum Gasteiger partial charge on any atom is -0.497 e. The van der Waals surface area contributed by atoms with E-state index in [9.17, 15) is 4.79 Å². The lowest BCUT2D eigenvalue weighted by molar-refractivity contribution is -0.140. The van der Waals surface area contributed by atoms with Crippen LogP contribution in [0.15, 0.2) is 24.3 Å². The zero-order valence-electron chi connectivity index (χ0n) is 8.69. The average molecular weight is 207 g/mol. The van der Waals surface area contributed by atoms with Crippen molar-refractivity contribution in [1.82, 2.24) is 5.32 Å². The molecule has 1 aliphatic heterocycles. The van der Waals surface area contributed by atoms with Crippen LogP contribution in [0.4, 0.5) is 0 Å². The number of methoxy groups -OCH3 is 2. The molecule has 0 bridgehead atoms. The fourth-order valence-corrected chi connectivity index (χ4v) is 1.57. The van der Waals surface area contributed by atoms with Gasteiger partial charge in [0, 0.05) is 0 Å². The smallest absolute Gasteiger partial charge is 0.324 e. The first kappa shape index (κ1) is 9.98. The van der Waals surface area contributed by atoms with Crippen LogP contribution in [0.3, 0.4) is 0 Å². The first-order chi connectivity index (χ1) is 7.26. The molecule has 0 amide bonds. The lowest BCUT2D eigenvalue weighted by Crippen LogP contribution is -2.11. The molecule has 80 valence electrons. The van der Waals surface area contributed by atoms with E-state index in [4.69, 9.17) is 4.74 Å². The molecular weight excluding hydrogens is 194 g/mol. The van der Waals surface area contributed by atoms with Crippen molar-refractivity contribution in [2.24, 2.45) is 0 Å². The standard InChI is InChI=1S/C11H13NO3/c1-14-8-5-3-7(4-6-8)9-10(12-9)11(13)15-2/h3-6,9-10,12H,1-2H3/t9-,10-/m0/s1. The quantitative estimate of drug-likeness (QED) is 0.590. The second kappa shape index (κ2) is 3.90. The maximum Gasteiger partial charge on any atom is 0.324 e. The van der Waals surface area contributed by atoms with Crippen LogP contribution >= 0.6 is 0 Å². The van der Waals surface area contributed by atoms with Crippen LogP contribution in [0.5, 0.6) is 5.75 Å². The number of benzene rings is 1. The Morgan fingerprint density at radius 2 is 1.93 bits per heavy atom. The minimum atomic E-state index is -0.212. The van der Waals surface area contributed by atoms with Crippen LogP contribution in [-0.4, -0.2) is 26.2 Å². The molecule has 0 aliphatic carbocycles. The predicted molar refractivity (Wildman–Crippen MR) is 54.7 cm³/mol. The largest absolute Gasteiger partial charge is 0.497 e. The number of esters is 1. The van der Waals surface area contributed by atoms with Crippen molar-refractivity contribution in [2.45, 2.75) is 12.1 Å². The summed E-state index contributed by atoms with van der Waals surface area (Å²) in [5, 5.41) is 3.06. The van der Waals surface area contributed by atoms with Gasteiger partial charge in [-0.05, 0) is 17.7 Å². The van der Waals surface area contributed by atoms with Gasteiger partial charge in [0.1, 0.15) is 11.8 Å². The molecule has 15 heavy (non-hydrogen) atoms. The highest BCUT2D eigenvalue weighted by Crippen LogP contribution is 2.31. The van der Waals surface area contributed by atoms with Gasteiger partial charge >= 0.3 is 5.97 Å². The summed E-state index contributed by atoms with van der Waals surface area (Å²) in [5.74, 6) is 0.602. The summed E-state index contributed by atoms with van der Waals surface area (Å²) in [4.78, 5) is 11.2. The number of hydrogen-bond acceptors (Lipinski definition) is 4. The molecule has 1 fully saturated rings. The van der Waals surface area contributed by atoms with Gasteiger partial charge < -0.3 is 9.47 Å².